The summed E-state index contributed by atoms with van der Waals surface area (Å²) in [7, 11) is 1.58. The van der Waals surface area contributed by atoms with Crippen molar-refractivity contribution in [2.24, 2.45) is 0 Å². The standard InChI is InChI=1S/C20H16N4O3/c1-27-20-10-9-14(13-23-19-8-3-2-7-18(19)21-22-23)11-17(20)15-5-4-6-16(12-15)24(25)26/h2-12H,13H2,1H3. The molecule has 1 aromatic heterocycles. The molecule has 7 heteroatoms. The second-order valence-corrected chi connectivity index (χ2v) is 6.08. The van der Waals surface area contributed by atoms with Crippen LogP contribution < -0.4 is 4.74 Å². The SMILES string of the molecule is COc1ccc(Cn2nnc3ccccc32)cc1-c1cccc([N+](=O)[O-])c1. The molecule has 0 atom stereocenters. The van der Waals surface area contributed by atoms with Crippen LogP contribution in [0.5, 0.6) is 5.75 Å². The maximum absolute atomic E-state index is 11.1. The Morgan fingerprint density at radius 1 is 1.07 bits per heavy atom. The number of ether oxygens (including phenoxy) is 1. The van der Waals surface area contributed by atoms with Gasteiger partial charge in [0.1, 0.15) is 11.3 Å². The van der Waals surface area contributed by atoms with Crippen molar-refractivity contribution in [1.29, 1.82) is 0 Å². The van der Waals surface area contributed by atoms with E-state index in [4.69, 9.17) is 4.74 Å². The molecule has 0 fully saturated rings. The molecule has 7 nitrogen and oxygen atoms in total. The van der Waals surface area contributed by atoms with Gasteiger partial charge in [0.15, 0.2) is 0 Å². The van der Waals surface area contributed by atoms with Crippen molar-refractivity contribution >= 4 is 16.7 Å². The fraction of sp³-hybridized carbons (Fsp3) is 0.100. The lowest BCUT2D eigenvalue weighted by Crippen LogP contribution is -2.02. The number of fused-ring (bicyclic) bond motifs is 1. The largest absolute Gasteiger partial charge is 0.496 e. The number of nitrogens with zero attached hydrogens (tertiary/aromatic N) is 4. The van der Waals surface area contributed by atoms with E-state index in [1.807, 2.05) is 53.2 Å². The Balaban J connectivity index is 1.75. The average molecular weight is 360 g/mol. The average Bonchev–Trinajstić information content (AvgIpc) is 3.11. The molecular formula is C20H16N4O3. The quantitative estimate of drug-likeness (QED) is 0.396. The second kappa shape index (κ2) is 6.87. The molecule has 4 aromatic rings. The maximum Gasteiger partial charge on any atom is 0.270 e. The van der Waals surface area contributed by atoms with Crippen LogP contribution in [0.1, 0.15) is 5.56 Å². The number of nitro benzene ring substituents is 1. The number of benzene rings is 3. The minimum atomic E-state index is -0.401. The predicted octanol–water partition coefficient (Wildman–Crippen LogP) is 4.06. The fourth-order valence-corrected chi connectivity index (χ4v) is 3.07. The molecule has 0 radical (unpaired) electrons. The van der Waals surface area contributed by atoms with Gasteiger partial charge in [-0.15, -0.1) is 5.10 Å². The van der Waals surface area contributed by atoms with Gasteiger partial charge in [-0.3, -0.25) is 10.1 Å². The molecule has 0 saturated carbocycles. The monoisotopic (exact) mass is 360 g/mol. The number of nitro groups is 1. The van der Waals surface area contributed by atoms with Gasteiger partial charge in [0.25, 0.3) is 5.69 Å². The van der Waals surface area contributed by atoms with Crippen LogP contribution in [0.3, 0.4) is 0 Å². The summed E-state index contributed by atoms with van der Waals surface area (Å²) in [5.74, 6) is 0.655. The molecule has 0 aliphatic heterocycles. The topological polar surface area (TPSA) is 83.1 Å². The predicted molar refractivity (Wildman–Crippen MR) is 102 cm³/mol. The number of non-ortho nitro benzene ring substituents is 1. The van der Waals surface area contributed by atoms with Crippen molar-refractivity contribution in [3.8, 4) is 16.9 Å². The van der Waals surface area contributed by atoms with Crippen LogP contribution in [0, 0.1) is 10.1 Å². The van der Waals surface area contributed by atoms with E-state index >= 15 is 0 Å². The zero-order valence-corrected chi connectivity index (χ0v) is 14.6. The van der Waals surface area contributed by atoms with E-state index < -0.39 is 4.92 Å². The Bertz CT molecular complexity index is 1140. The molecule has 0 amide bonds. The number of rotatable bonds is 5. The fourth-order valence-electron chi connectivity index (χ4n) is 3.07. The Hall–Kier alpha value is -3.74. The molecule has 3 aromatic carbocycles. The first-order valence-corrected chi connectivity index (χ1v) is 8.35. The highest BCUT2D eigenvalue weighted by Gasteiger charge is 2.13. The van der Waals surface area contributed by atoms with E-state index in [9.17, 15) is 10.1 Å². The van der Waals surface area contributed by atoms with Crippen molar-refractivity contribution in [3.63, 3.8) is 0 Å². The highest BCUT2D eigenvalue weighted by molar-refractivity contribution is 5.75. The van der Waals surface area contributed by atoms with Gasteiger partial charge in [-0.25, -0.2) is 4.68 Å². The van der Waals surface area contributed by atoms with Gasteiger partial charge in [-0.2, -0.15) is 0 Å². The number of methoxy groups -OCH3 is 1. The van der Waals surface area contributed by atoms with E-state index in [0.29, 0.717) is 12.3 Å². The number of hydrogen-bond acceptors (Lipinski definition) is 5. The highest BCUT2D eigenvalue weighted by Crippen LogP contribution is 2.33. The van der Waals surface area contributed by atoms with Gasteiger partial charge in [-0.05, 0) is 35.4 Å². The summed E-state index contributed by atoms with van der Waals surface area (Å²) in [4.78, 5) is 10.7. The molecule has 0 saturated heterocycles. The zero-order valence-electron chi connectivity index (χ0n) is 14.6. The molecule has 0 N–H and O–H groups in total. The van der Waals surface area contributed by atoms with E-state index in [1.165, 1.54) is 6.07 Å². The molecule has 134 valence electrons. The maximum atomic E-state index is 11.1. The summed E-state index contributed by atoms with van der Waals surface area (Å²) in [6.45, 7) is 0.534. The van der Waals surface area contributed by atoms with Crippen molar-refractivity contribution in [2.75, 3.05) is 7.11 Å². The van der Waals surface area contributed by atoms with Crippen LogP contribution >= 0.6 is 0 Å². The first kappa shape index (κ1) is 16.7. The first-order chi connectivity index (χ1) is 13.2. The minimum absolute atomic E-state index is 0.0437. The second-order valence-electron chi connectivity index (χ2n) is 6.08. The van der Waals surface area contributed by atoms with Gasteiger partial charge in [0, 0.05) is 17.7 Å². The zero-order chi connectivity index (χ0) is 18.8. The van der Waals surface area contributed by atoms with Gasteiger partial charge < -0.3 is 4.74 Å². The van der Waals surface area contributed by atoms with Crippen LogP contribution in [0.2, 0.25) is 0 Å². The molecule has 27 heavy (non-hydrogen) atoms. The Labute approximate surface area is 155 Å². The third-order valence-electron chi connectivity index (χ3n) is 4.38. The van der Waals surface area contributed by atoms with Crippen LogP contribution in [0.15, 0.2) is 66.7 Å². The van der Waals surface area contributed by atoms with Crippen molar-refractivity contribution in [1.82, 2.24) is 15.0 Å². The lowest BCUT2D eigenvalue weighted by atomic mass is 10.0. The van der Waals surface area contributed by atoms with Crippen LogP contribution in [-0.2, 0) is 6.54 Å². The Kier molecular flexibility index (Phi) is 4.25. The van der Waals surface area contributed by atoms with Crippen molar-refractivity contribution in [2.45, 2.75) is 6.54 Å². The highest BCUT2D eigenvalue weighted by atomic mass is 16.6. The van der Waals surface area contributed by atoms with Gasteiger partial charge >= 0.3 is 0 Å². The molecule has 1 heterocycles. The van der Waals surface area contributed by atoms with Gasteiger partial charge in [0.2, 0.25) is 0 Å². The van der Waals surface area contributed by atoms with E-state index in [0.717, 1.165) is 27.7 Å². The summed E-state index contributed by atoms with van der Waals surface area (Å²) in [5.41, 5.74) is 4.35. The minimum Gasteiger partial charge on any atom is -0.496 e. The molecule has 0 aliphatic carbocycles. The molecule has 0 unspecified atom stereocenters. The Morgan fingerprint density at radius 2 is 1.93 bits per heavy atom. The molecule has 0 bridgehead atoms. The molecule has 4 rings (SSSR count). The first-order valence-electron chi connectivity index (χ1n) is 8.35. The van der Waals surface area contributed by atoms with Crippen molar-refractivity contribution in [3.05, 3.63) is 82.4 Å². The lowest BCUT2D eigenvalue weighted by Gasteiger charge is -2.11. The number of hydrogen-bond donors (Lipinski definition) is 0. The molecule has 0 aliphatic rings. The van der Waals surface area contributed by atoms with Crippen LogP contribution in [0.4, 0.5) is 5.69 Å². The van der Waals surface area contributed by atoms with E-state index in [2.05, 4.69) is 10.3 Å². The third-order valence-corrected chi connectivity index (χ3v) is 4.38. The van der Waals surface area contributed by atoms with Gasteiger partial charge in [0.05, 0.1) is 24.1 Å². The Morgan fingerprint density at radius 3 is 2.74 bits per heavy atom. The third kappa shape index (κ3) is 3.22. The molecule has 0 spiro atoms. The molecular weight excluding hydrogens is 344 g/mol. The smallest absolute Gasteiger partial charge is 0.270 e. The lowest BCUT2D eigenvalue weighted by molar-refractivity contribution is -0.384. The number of aromatic nitrogens is 3. The van der Waals surface area contributed by atoms with Gasteiger partial charge in [-0.1, -0.05) is 35.5 Å². The van der Waals surface area contributed by atoms with Crippen LogP contribution in [-0.4, -0.2) is 27.0 Å². The van der Waals surface area contributed by atoms with E-state index in [-0.39, 0.29) is 5.69 Å². The summed E-state index contributed by atoms with van der Waals surface area (Å²) in [5, 5.41) is 19.5. The summed E-state index contributed by atoms with van der Waals surface area (Å²) in [6.07, 6.45) is 0. The van der Waals surface area contributed by atoms with Crippen LogP contribution in [0.25, 0.3) is 22.2 Å². The summed E-state index contributed by atoms with van der Waals surface area (Å²) in [6, 6.07) is 20.1. The number of para-hydroxylation sites is 1. The van der Waals surface area contributed by atoms with E-state index in [1.54, 1.807) is 19.2 Å². The summed E-state index contributed by atoms with van der Waals surface area (Å²) < 4.78 is 7.28. The summed E-state index contributed by atoms with van der Waals surface area (Å²) >= 11 is 0. The normalized spacial score (nSPS) is 10.9. The van der Waals surface area contributed by atoms with Crippen molar-refractivity contribution < 1.29 is 9.66 Å².